The molecule has 1 N–H and O–H groups in total. The molecule has 2 aromatic rings. The van der Waals surface area contributed by atoms with Crippen molar-refractivity contribution in [3.63, 3.8) is 0 Å². The maximum Gasteiger partial charge on any atom is 0.167 e. The monoisotopic (exact) mass is 277 g/mol. The third kappa shape index (κ3) is 2.84. The molecule has 0 spiro atoms. The Morgan fingerprint density at radius 2 is 2.05 bits per heavy atom. The molecule has 5 heteroatoms. The van der Waals surface area contributed by atoms with Crippen LogP contribution in [0.4, 0.5) is 4.39 Å². The molecule has 0 aromatic heterocycles. The Morgan fingerprint density at radius 3 is 2.68 bits per heavy atom. The van der Waals surface area contributed by atoms with E-state index >= 15 is 0 Å². The van der Waals surface area contributed by atoms with Crippen molar-refractivity contribution in [1.29, 1.82) is 5.26 Å². The highest BCUT2D eigenvalue weighted by atomic mass is 35.5. The molecule has 0 aliphatic carbocycles. The summed E-state index contributed by atoms with van der Waals surface area (Å²) < 4.78 is 19.1. The van der Waals surface area contributed by atoms with Crippen LogP contribution in [0, 0.1) is 17.1 Å². The molecule has 3 nitrogen and oxygen atoms in total. The molecular formula is C14H9ClFNO2. The number of nitrogens with zero attached hydrogens (tertiary/aromatic N) is 1. The molecule has 2 aromatic carbocycles. The second kappa shape index (κ2) is 5.70. The van der Waals surface area contributed by atoms with Crippen molar-refractivity contribution in [1.82, 2.24) is 0 Å². The van der Waals surface area contributed by atoms with E-state index < -0.39 is 5.82 Å². The number of benzene rings is 2. The fourth-order valence-corrected chi connectivity index (χ4v) is 1.79. The summed E-state index contributed by atoms with van der Waals surface area (Å²) in [5.74, 6) is -0.405. The molecule has 19 heavy (non-hydrogen) atoms. The molecule has 96 valence electrons. The van der Waals surface area contributed by atoms with Crippen molar-refractivity contribution < 1.29 is 14.2 Å². The predicted octanol–water partition coefficient (Wildman–Crippen LogP) is 3.64. The molecule has 0 amide bonds. The topological polar surface area (TPSA) is 53.2 Å². The van der Waals surface area contributed by atoms with Crippen molar-refractivity contribution in [3.05, 3.63) is 58.4 Å². The van der Waals surface area contributed by atoms with E-state index in [1.807, 2.05) is 6.07 Å². The van der Waals surface area contributed by atoms with Crippen LogP contribution in [0.15, 0.2) is 36.4 Å². The van der Waals surface area contributed by atoms with E-state index in [0.717, 1.165) is 6.07 Å². The normalized spacial score (nSPS) is 10.0. The highest BCUT2D eigenvalue weighted by Gasteiger charge is 2.11. The number of ether oxygens (including phenoxy) is 1. The van der Waals surface area contributed by atoms with Gasteiger partial charge in [-0.2, -0.15) is 5.26 Å². The van der Waals surface area contributed by atoms with Crippen LogP contribution in [0.5, 0.6) is 11.5 Å². The molecule has 0 unspecified atom stereocenters. The van der Waals surface area contributed by atoms with Gasteiger partial charge in [0.1, 0.15) is 5.75 Å². The summed E-state index contributed by atoms with van der Waals surface area (Å²) in [7, 11) is 0. The molecule has 0 radical (unpaired) electrons. The number of rotatable bonds is 3. The van der Waals surface area contributed by atoms with Gasteiger partial charge in [0, 0.05) is 10.6 Å². The third-order valence-electron chi connectivity index (χ3n) is 2.51. The highest BCUT2D eigenvalue weighted by Crippen LogP contribution is 2.31. The van der Waals surface area contributed by atoms with E-state index in [9.17, 15) is 9.50 Å². The van der Waals surface area contributed by atoms with Crippen molar-refractivity contribution in [2.45, 2.75) is 6.61 Å². The van der Waals surface area contributed by atoms with Gasteiger partial charge in [0.15, 0.2) is 11.6 Å². The number of nitriles is 1. The summed E-state index contributed by atoms with van der Waals surface area (Å²) in [6, 6.07) is 10.5. The number of halogens is 2. The third-order valence-corrected chi connectivity index (χ3v) is 2.87. The van der Waals surface area contributed by atoms with Crippen LogP contribution < -0.4 is 4.74 Å². The van der Waals surface area contributed by atoms with Crippen molar-refractivity contribution in [2.24, 2.45) is 0 Å². The van der Waals surface area contributed by atoms with Crippen LogP contribution in [0.25, 0.3) is 0 Å². The maximum atomic E-state index is 13.7. The Bertz CT molecular complexity index is 652. The van der Waals surface area contributed by atoms with Gasteiger partial charge in [-0.25, -0.2) is 4.39 Å². The molecule has 0 fully saturated rings. The quantitative estimate of drug-likeness (QED) is 0.932. The fourth-order valence-electron chi connectivity index (χ4n) is 1.56. The Kier molecular flexibility index (Phi) is 4.00. The first-order valence-corrected chi connectivity index (χ1v) is 5.79. The molecule has 0 aliphatic rings. The van der Waals surface area contributed by atoms with Crippen LogP contribution in [0.3, 0.4) is 0 Å². The van der Waals surface area contributed by atoms with Crippen LogP contribution in [0.2, 0.25) is 5.02 Å². The molecule has 0 atom stereocenters. The number of aliphatic hydroxyl groups is 1. The van der Waals surface area contributed by atoms with Crippen LogP contribution >= 0.6 is 11.6 Å². The summed E-state index contributed by atoms with van der Waals surface area (Å²) in [6.45, 7) is -0.313. The minimum absolute atomic E-state index is 0.0315. The van der Waals surface area contributed by atoms with E-state index in [0.29, 0.717) is 10.6 Å². The zero-order chi connectivity index (χ0) is 13.8. The van der Waals surface area contributed by atoms with Crippen molar-refractivity contribution in [3.8, 4) is 17.6 Å². The molecule has 0 aliphatic heterocycles. The lowest BCUT2D eigenvalue weighted by Crippen LogP contribution is -1.95. The van der Waals surface area contributed by atoms with Crippen LogP contribution in [0.1, 0.15) is 11.1 Å². The van der Waals surface area contributed by atoms with Gasteiger partial charge in [0.2, 0.25) is 0 Å². The van der Waals surface area contributed by atoms with E-state index in [4.69, 9.17) is 21.6 Å². The Morgan fingerprint density at radius 1 is 1.26 bits per heavy atom. The zero-order valence-corrected chi connectivity index (χ0v) is 10.5. The average molecular weight is 278 g/mol. The fraction of sp³-hybridized carbons (Fsp3) is 0.0714. The van der Waals surface area contributed by atoms with Crippen molar-refractivity contribution >= 4 is 11.6 Å². The smallest absolute Gasteiger partial charge is 0.167 e. The molecule has 2 rings (SSSR count). The van der Waals surface area contributed by atoms with Crippen LogP contribution in [-0.2, 0) is 6.61 Å². The largest absolute Gasteiger partial charge is 0.454 e. The number of aliphatic hydroxyl groups excluding tert-OH is 1. The van der Waals surface area contributed by atoms with Gasteiger partial charge in [0.05, 0.1) is 18.2 Å². The van der Waals surface area contributed by atoms with Crippen molar-refractivity contribution in [2.75, 3.05) is 0 Å². The van der Waals surface area contributed by atoms with Gasteiger partial charge in [0.25, 0.3) is 0 Å². The average Bonchev–Trinajstić information content (AvgIpc) is 2.41. The zero-order valence-electron chi connectivity index (χ0n) is 9.73. The lowest BCUT2D eigenvalue weighted by molar-refractivity contribution is 0.276. The van der Waals surface area contributed by atoms with Gasteiger partial charge >= 0.3 is 0 Å². The van der Waals surface area contributed by atoms with Gasteiger partial charge in [-0.1, -0.05) is 17.7 Å². The number of hydrogen-bond acceptors (Lipinski definition) is 3. The molecule has 0 saturated carbocycles. The molecule has 0 bridgehead atoms. The maximum absolute atomic E-state index is 13.7. The molecule has 0 saturated heterocycles. The lowest BCUT2D eigenvalue weighted by Gasteiger charge is -2.11. The summed E-state index contributed by atoms with van der Waals surface area (Å²) in [6.07, 6.45) is 0. The molecule has 0 heterocycles. The predicted molar refractivity (Wildman–Crippen MR) is 68.6 cm³/mol. The summed E-state index contributed by atoms with van der Waals surface area (Å²) in [5, 5.41) is 18.2. The van der Waals surface area contributed by atoms with Gasteiger partial charge in [-0.15, -0.1) is 0 Å². The molecular weight excluding hydrogens is 269 g/mol. The van der Waals surface area contributed by atoms with E-state index in [1.165, 1.54) is 12.1 Å². The van der Waals surface area contributed by atoms with E-state index in [1.54, 1.807) is 18.2 Å². The summed E-state index contributed by atoms with van der Waals surface area (Å²) >= 11 is 5.91. The first-order chi connectivity index (χ1) is 9.15. The van der Waals surface area contributed by atoms with E-state index in [2.05, 4.69) is 0 Å². The minimum atomic E-state index is -0.650. The first-order valence-electron chi connectivity index (χ1n) is 5.41. The summed E-state index contributed by atoms with van der Waals surface area (Å²) in [5.41, 5.74) is 0.589. The number of hydrogen-bond donors (Lipinski definition) is 1. The highest BCUT2D eigenvalue weighted by molar-refractivity contribution is 6.31. The SMILES string of the molecule is N#Cc1ccc(Oc2cccc(Cl)c2CO)c(F)c1. The Labute approximate surface area is 114 Å². The van der Waals surface area contributed by atoms with Gasteiger partial charge < -0.3 is 9.84 Å². The standard InChI is InChI=1S/C14H9ClFNO2/c15-11-2-1-3-13(10(11)8-18)19-14-5-4-9(7-17)6-12(14)16/h1-6,18H,8H2. The first kappa shape index (κ1) is 13.3. The second-order valence-corrected chi connectivity index (χ2v) is 4.14. The Hall–Kier alpha value is -2.09. The minimum Gasteiger partial charge on any atom is -0.454 e. The lowest BCUT2D eigenvalue weighted by atomic mass is 10.2. The van der Waals surface area contributed by atoms with Gasteiger partial charge in [-0.3, -0.25) is 0 Å². The van der Waals surface area contributed by atoms with Gasteiger partial charge in [-0.05, 0) is 30.3 Å². The second-order valence-electron chi connectivity index (χ2n) is 3.73. The van der Waals surface area contributed by atoms with Crippen LogP contribution in [-0.4, -0.2) is 5.11 Å². The van der Waals surface area contributed by atoms with E-state index in [-0.39, 0.29) is 23.7 Å². The Balaban J connectivity index is 2.37. The summed E-state index contributed by atoms with van der Waals surface area (Å²) in [4.78, 5) is 0.